The molecule has 4 aromatic carbocycles. The van der Waals surface area contributed by atoms with E-state index >= 15 is 4.39 Å². The molecule has 0 aliphatic rings. The summed E-state index contributed by atoms with van der Waals surface area (Å²) in [5.41, 5.74) is 6.36. The third-order valence-corrected chi connectivity index (χ3v) is 7.17. The Labute approximate surface area is 223 Å². The highest BCUT2D eigenvalue weighted by Gasteiger charge is 2.08. The second-order valence-corrected chi connectivity index (χ2v) is 10.1. The second kappa shape index (κ2) is 13.8. The van der Waals surface area contributed by atoms with Crippen LogP contribution in [0.5, 0.6) is 0 Å². The van der Waals surface area contributed by atoms with Gasteiger partial charge in [0.2, 0.25) is 0 Å². The number of aryl methyl sites for hydroxylation is 2. The topological polar surface area (TPSA) is 0 Å². The fraction of sp³-hybridized carbons (Fsp3) is 0.333. The summed E-state index contributed by atoms with van der Waals surface area (Å²) in [6.45, 7) is 4.48. The fourth-order valence-corrected chi connectivity index (χ4v) is 4.84. The van der Waals surface area contributed by atoms with Crippen molar-refractivity contribution in [1.29, 1.82) is 0 Å². The molecule has 1 heteroatoms. The molecule has 37 heavy (non-hydrogen) atoms. The van der Waals surface area contributed by atoms with Crippen LogP contribution in [0, 0.1) is 17.7 Å². The van der Waals surface area contributed by atoms with Crippen molar-refractivity contribution in [3.05, 3.63) is 107 Å². The van der Waals surface area contributed by atoms with Crippen LogP contribution < -0.4 is 0 Å². The summed E-state index contributed by atoms with van der Waals surface area (Å²) in [7, 11) is 0. The standard InChI is InChI=1S/C36H39F/c1-3-5-7-8-10-12-28-13-15-30(16-14-28)19-22-32-23-24-34-27-33(25-26-35(34)36(32)37)31-20-17-29(18-21-31)11-9-6-4-2/h13-18,20-21,23-27H,3-12H2,1-2H3. The predicted molar refractivity (Wildman–Crippen MR) is 157 cm³/mol. The Bertz CT molecular complexity index is 1330. The van der Waals surface area contributed by atoms with Gasteiger partial charge in [-0.2, -0.15) is 0 Å². The molecule has 0 aliphatic heterocycles. The molecule has 0 aliphatic carbocycles. The van der Waals surface area contributed by atoms with Crippen molar-refractivity contribution >= 4 is 10.8 Å². The van der Waals surface area contributed by atoms with Gasteiger partial charge in [-0.15, -0.1) is 0 Å². The molecule has 4 aromatic rings. The summed E-state index contributed by atoms with van der Waals surface area (Å²) >= 11 is 0. The van der Waals surface area contributed by atoms with Crippen LogP contribution in [-0.2, 0) is 12.8 Å². The molecule has 0 nitrogen and oxygen atoms in total. The van der Waals surface area contributed by atoms with Gasteiger partial charge in [-0.1, -0.05) is 119 Å². The Morgan fingerprint density at radius 2 is 1.16 bits per heavy atom. The minimum absolute atomic E-state index is 0.244. The number of hydrogen-bond donors (Lipinski definition) is 0. The smallest absolute Gasteiger partial charge is 0.146 e. The molecular weight excluding hydrogens is 451 g/mol. The van der Waals surface area contributed by atoms with E-state index in [-0.39, 0.29) is 5.82 Å². The molecule has 0 bridgehead atoms. The highest BCUT2D eigenvalue weighted by molar-refractivity contribution is 5.89. The zero-order valence-corrected chi connectivity index (χ0v) is 22.5. The summed E-state index contributed by atoms with van der Waals surface area (Å²) in [5, 5.41) is 1.51. The minimum atomic E-state index is -0.244. The molecule has 0 saturated carbocycles. The second-order valence-electron chi connectivity index (χ2n) is 10.1. The average Bonchev–Trinajstić information content (AvgIpc) is 2.94. The van der Waals surface area contributed by atoms with Crippen molar-refractivity contribution in [1.82, 2.24) is 0 Å². The molecule has 0 amide bonds. The van der Waals surface area contributed by atoms with Crippen LogP contribution in [-0.4, -0.2) is 0 Å². The van der Waals surface area contributed by atoms with E-state index in [1.807, 2.05) is 18.2 Å². The number of hydrogen-bond acceptors (Lipinski definition) is 0. The molecule has 0 atom stereocenters. The van der Waals surface area contributed by atoms with E-state index in [0.29, 0.717) is 10.9 Å². The SMILES string of the molecule is CCCCCCCc1ccc(C#Cc2ccc3cc(-c4ccc(CCCCC)cc4)ccc3c2F)cc1. The first-order valence-corrected chi connectivity index (χ1v) is 14.1. The molecule has 0 unspecified atom stereocenters. The summed E-state index contributed by atoms with van der Waals surface area (Å²) < 4.78 is 15.3. The van der Waals surface area contributed by atoms with Crippen LogP contribution in [0.25, 0.3) is 21.9 Å². The summed E-state index contributed by atoms with van der Waals surface area (Å²) in [5.74, 6) is 5.96. The minimum Gasteiger partial charge on any atom is -0.205 e. The van der Waals surface area contributed by atoms with Crippen LogP contribution in [0.2, 0.25) is 0 Å². The van der Waals surface area contributed by atoms with Crippen LogP contribution in [0.1, 0.15) is 87.5 Å². The van der Waals surface area contributed by atoms with E-state index in [1.54, 1.807) is 6.07 Å². The van der Waals surface area contributed by atoms with Gasteiger partial charge in [0.05, 0.1) is 5.56 Å². The highest BCUT2D eigenvalue weighted by atomic mass is 19.1. The fourth-order valence-electron chi connectivity index (χ4n) is 4.84. The molecule has 0 aromatic heterocycles. The van der Waals surface area contributed by atoms with Crippen molar-refractivity contribution in [2.24, 2.45) is 0 Å². The van der Waals surface area contributed by atoms with E-state index in [2.05, 4.69) is 80.3 Å². The lowest BCUT2D eigenvalue weighted by Crippen LogP contribution is -1.89. The van der Waals surface area contributed by atoms with Gasteiger partial charge in [0.15, 0.2) is 0 Å². The lowest BCUT2D eigenvalue weighted by molar-refractivity contribution is 0.632. The first-order chi connectivity index (χ1) is 18.2. The van der Waals surface area contributed by atoms with Crippen LogP contribution in [0.3, 0.4) is 0 Å². The van der Waals surface area contributed by atoms with Crippen LogP contribution >= 0.6 is 0 Å². The number of rotatable bonds is 11. The van der Waals surface area contributed by atoms with Crippen LogP contribution in [0.15, 0.2) is 78.9 Å². The summed E-state index contributed by atoms with van der Waals surface area (Å²) in [6, 6.07) is 26.9. The Morgan fingerprint density at radius 3 is 1.86 bits per heavy atom. The molecular formula is C36H39F. The van der Waals surface area contributed by atoms with E-state index < -0.39 is 0 Å². The maximum atomic E-state index is 15.3. The zero-order chi connectivity index (χ0) is 25.9. The Balaban J connectivity index is 1.43. The molecule has 4 rings (SSSR count). The Morgan fingerprint density at radius 1 is 0.568 bits per heavy atom. The van der Waals surface area contributed by atoms with Gasteiger partial charge in [0.25, 0.3) is 0 Å². The maximum Gasteiger partial charge on any atom is 0.146 e. The predicted octanol–water partition coefficient (Wildman–Crippen LogP) is 10.3. The van der Waals surface area contributed by atoms with Crippen molar-refractivity contribution in [2.45, 2.75) is 78.1 Å². The molecule has 190 valence electrons. The van der Waals surface area contributed by atoms with Crippen molar-refractivity contribution < 1.29 is 4.39 Å². The number of benzene rings is 4. The lowest BCUT2D eigenvalue weighted by atomic mass is 9.98. The van der Waals surface area contributed by atoms with E-state index in [4.69, 9.17) is 0 Å². The van der Waals surface area contributed by atoms with E-state index in [1.165, 1.54) is 62.5 Å². The Hall–Kier alpha value is -3.37. The molecule has 0 saturated heterocycles. The van der Waals surface area contributed by atoms with Gasteiger partial charge < -0.3 is 0 Å². The van der Waals surface area contributed by atoms with Crippen molar-refractivity contribution in [3.63, 3.8) is 0 Å². The van der Waals surface area contributed by atoms with Gasteiger partial charge in [0, 0.05) is 10.9 Å². The van der Waals surface area contributed by atoms with Crippen molar-refractivity contribution in [2.75, 3.05) is 0 Å². The summed E-state index contributed by atoms with van der Waals surface area (Å²) in [4.78, 5) is 0. The third kappa shape index (κ3) is 7.56. The van der Waals surface area contributed by atoms with Crippen molar-refractivity contribution in [3.8, 4) is 23.0 Å². The van der Waals surface area contributed by atoms with Crippen LogP contribution in [0.4, 0.5) is 4.39 Å². The summed E-state index contributed by atoms with van der Waals surface area (Å²) in [6.07, 6.45) is 12.5. The molecule has 0 spiro atoms. The average molecular weight is 491 g/mol. The molecule has 0 heterocycles. The molecule has 0 radical (unpaired) electrons. The van der Waals surface area contributed by atoms with Gasteiger partial charge in [-0.25, -0.2) is 4.39 Å². The monoisotopic (exact) mass is 490 g/mol. The molecule has 0 fully saturated rings. The first kappa shape index (κ1) is 26.7. The Kier molecular flexibility index (Phi) is 9.96. The third-order valence-electron chi connectivity index (χ3n) is 7.17. The van der Waals surface area contributed by atoms with Gasteiger partial charge in [-0.3, -0.25) is 0 Å². The highest BCUT2D eigenvalue weighted by Crippen LogP contribution is 2.28. The number of halogens is 1. The zero-order valence-electron chi connectivity index (χ0n) is 22.5. The maximum absolute atomic E-state index is 15.3. The lowest BCUT2D eigenvalue weighted by Gasteiger charge is -2.08. The number of unbranched alkanes of at least 4 members (excludes halogenated alkanes) is 6. The molecule has 0 N–H and O–H groups in total. The largest absolute Gasteiger partial charge is 0.205 e. The van der Waals surface area contributed by atoms with Gasteiger partial charge in [-0.05, 0) is 77.6 Å². The normalized spacial score (nSPS) is 10.9. The van der Waals surface area contributed by atoms with E-state index in [0.717, 1.165) is 34.9 Å². The van der Waals surface area contributed by atoms with Gasteiger partial charge in [0.1, 0.15) is 5.82 Å². The first-order valence-electron chi connectivity index (χ1n) is 14.1. The quantitative estimate of drug-likeness (QED) is 0.145. The van der Waals surface area contributed by atoms with Gasteiger partial charge >= 0.3 is 0 Å². The number of fused-ring (bicyclic) bond motifs is 1. The van der Waals surface area contributed by atoms with E-state index in [9.17, 15) is 0 Å².